The molecule has 0 heterocycles. The summed E-state index contributed by atoms with van der Waals surface area (Å²) in [6, 6.07) is 4.50. The first-order valence-corrected chi connectivity index (χ1v) is 7.70. The van der Waals surface area contributed by atoms with Crippen molar-refractivity contribution in [2.45, 2.75) is 33.8 Å². The molecule has 2 amide bonds. The molecule has 1 aromatic rings. The number of carbonyl (C=O) groups is 3. The molecule has 0 unspecified atom stereocenters. The van der Waals surface area contributed by atoms with E-state index in [1.54, 1.807) is 19.9 Å². The van der Waals surface area contributed by atoms with E-state index in [2.05, 4.69) is 5.32 Å². The lowest BCUT2D eigenvalue weighted by molar-refractivity contribution is -0.140. The standard InChI is InChI=1S/C17H22N2O5/c1-8(2)24-11-6-5-9(14(18)20)7-10(11)19-15(21)12-13(16(22)23)17(12,3)4/h5-8,12-13H,1-4H3,(H2,18,20)(H,19,21)(H,22,23)/t12-,13-/m0/s1. The van der Waals surface area contributed by atoms with Gasteiger partial charge in [-0.05, 0) is 37.5 Å². The van der Waals surface area contributed by atoms with E-state index in [0.29, 0.717) is 11.4 Å². The third-order valence-corrected chi connectivity index (χ3v) is 4.26. The molecule has 24 heavy (non-hydrogen) atoms. The van der Waals surface area contributed by atoms with Gasteiger partial charge in [0.1, 0.15) is 5.75 Å². The van der Waals surface area contributed by atoms with Crippen molar-refractivity contribution >= 4 is 23.5 Å². The largest absolute Gasteiger partial charge is 0.489 e. The fraction of sp³-hybridized carbons (Fsp3) is 0.471. The summed E-state index contributed by atoms with van der Waals surface area (Å²) in [6.45, 7) is 7.14. The zero-order valence-corrected chi connectivity index (χ0v) is 14.1. The highest BCUT2D eigenvalue weighted by atomic mass is 16.5. The van der Waals surface area contributed by atoms with Gasteiger partial charge in [-0.3, -0.25) is 14.4 Å². The van der Waals surface area contributed by atoms with Gasteiger partial charge >= 0.3 is 5.97 Å². The number of nitrogens with one attached hydrogen (secondary N) is 1. The molecule has 1 saturated carbocycles. The average Bonchev–Trinajstić information content (AvgIpc) is 3.03. The molecule has 2 atom stereocenters. The third-order valence-electron chi connectivity index (χ3n) is 4.26. The van der Waals surface area contributed by atoms with Crippen molar-refractivity contribution in [2.75, 3.05) is 5.32 Å². The van der Waals surface area contributed by atoms with E-state index in [9.17, 15) is 19.5 Å². The number of carbonyl (C=O) groups excluding carboxylic acids is 2. The van der Waals surface area contributed by atoms with Gasteiger partial charge in [-0.2, -0.15) is 0 Å². The SMILES string of the molecule is CC(C)Oc1ccc(C(N)=O)cc1NC(=O)[C@@H]1[C@@H](C(=O)O)C1(C)C. The van der Waals surface area contributed by atoms with Gasteiger partial charge < -0.3 is 20.9 Å². The number of benzene rings is 1. The molecule has 0 spiro atoms. The van der Waals surface area contributed by atoms with Crippen LogP contribution in [0.25, 0.3) is 0 Å². The molecule has 1 aromatic carbocycles. The second kappa shape index (κ2) is 6.14. The van der Waals surface area contributed by atoms with Gasteiger partial charge in [-0.1, -0.05) is 13.8 Å². The quantitative estimate of drug-likeness (QED) is 0.734. The first-order valence-electron chi connectivity index (χ1n) is 7.70. The monoisotopic (exact) mass is 334 g/mol. The van der Waals surface area contributed by atoms with Crippen molar-refractivity contribution in [3.63, 3.8) is 0 Å². The van der Waals surface area contributed by atoms with Gasteiger partial charge in [-0.15, -0.1) is 0 Å². The smallest absolute Gasteiger partial charge is 0.307 e. The summed E-state index contributed by atoms with van der Waals surface area (Å²) in [5, 5.41) is 11.9. The fourth-order valence-electron chi connectivity index (χ4n) is 2.94. The molecule has 0 aromatic heterocycles. The van der Waals surface area contributed by atoms with E-state index in [1.165, 1.54) is 12.1 Å². The van der Waals surface area contributed by atoms with Crippen molar-refractivity contribution in [3.05, 3.63) is 23.8 Å². The summed E-state index contributed by atoms with van der Waals surface area (Å²) in [5.74, 6) is -3.01. The van der Waals surface area contributed by atoms with Crippen LogP contribution in [0.4, 0.5) is 5.69 Å². The Labute approximate surface area is 140 Å². The molecule has 1 fully saturated rings. The van der Waals surface area contributed by atoms with Crippen molar-refractivity contribution in [1.82, 2.24) is 0 Å². The van der Waals surface area contributed by atoms with Crippen LogP contribution in [0.5, 0.6) is 5.75 Å². The number of rotatable bonds is 6. The van der Waals surface area contributed by atoms with Crippen LogP contribution in [-0.4, -0.2) is 29.0 Å². The molecule has 1 aliphatic carbocycles. The first kappa shape index (κ1) is 17.8. The fourth-order valence-corrected chi connectivity index (χ4v) is 2.94. The Morgan fingerprint density at radius 1 is 1.25 bits per heavy atom. The Morgan fingerprint density at radius 2 is 1.88 bits per heavy atom. The van der Waals surface area contributed by atoms with Gasteiger partial charge in [0.15, 0.2) is 0 Å². The summed E-state index contributed by atoms with van der Waals surface area (Å²) in [5.41, 5.74) is 5.19. The van der Waals surface area contributed by atoms with Gasteiger partial charge in [0, 0.05) is 5.56 Å². The number of carboxylic acid groups (broad SMARTS) is 1. The highest BCUT2D eigenvalue weighted by Gasteiger charge is 2.65. The number of nitrogens with two attached hydrogens (primary N) is 1. The van der Waals surface area contributed by atoms with Crippen LogP contribution in [0.3, 0.4) is 0 Å². The van der Waals surface area contributed by atoms with Crippen LogP contribution in [0.15, 0.2) is 18.2 Å². The minimum atomic E-state index is -0.996. The molecule has 1 aliphatic rings. The van der Waals surface area contributed by atoms with E-state index in [0.717, 1.165) is 0 Å². The van der Waals surface area contributed by atoms with E-state index in [4.69, 9.17) is 10.5 Å². The van der Waals surface area contributed by atoms with Crippen molar-refractivity contribution < 1.29 is 24.2 Å². The Balaban J connectivity index is 2.27. The summed E-state index contributed by atoms with van der Waals surface area (Å²) >= 11 is 0. The topological polar surface area (TPSA) is 119 Å². The number of carboxylic acids is 1. The van der Waals surface area contributed by atoms with Gasteiger partial charge in [0.2, 0.25) is 11.8 Å². The molecule has 130 valence electrons. The molecule has 0 saturated heterocycles. The number of anilines is 1. The Morgan fingerprint density at radius 3 is 2.33 bits per heavy atom. The Bertz CT molecular complexity index is 696. The maximum atomic E-state index is 12.5. The molecule has 4 N–H and O–H groups in total. The van der Waals surface area contributed by atoms with Crippen LogP contribution in [0, 0.1) is 17.3 Å². The van der Waals surface area contributed by atoms with Crippen LogP contribution >= 0.6 is 0 Å². The van der Waals surface area contributed by atoms with E-state index in [-0.39, 0.29) is 11.7 Å². The highest BCUT2D eigenvalue weighted by Crippen LogP contribution is 2.58. The molecule has 7 nitrogen and oxygen atoms in total. The Kier molecular flexibility index (Phi) is 4.55. The van der Waals surface area contributed by atoms with E-state index in [1.807, 2.05) is 13.8 Å². The number of amides is 2. The van der Waals surface area contributed by atoms with Gasteiger partial charge in [-0.25, -0.2) is 0 Å². The predicted octanol–water partition coefficient (Wildman–Crippen LogP) is 1.87. The predicted molar refractivity (Wildman–Crippen MR) is 87.8 cm³/mol. The minimum absolute atomic E-state index is 0.135. The van der Waals surface area contributed by atoms with Crippen molar-refractivity contribution in [2.24, 2.45) is 23.0 Å². The molecule has 0 radical (unpaired) electrons. The van der Waals surface area contributed by atoms with Crippen LogP contribution in [0.2, 0.25) is 0 Å². The lowest BCUT2D eigenvalue weighted by atomic mass is 10.1. The lowest BCUT2D eigenvalue weighted by Crippen LogP contribution is -2.20. The second-order valence-electron chi connectivity index (χ2n) is 6.85. The number of ether oxygens (including phenoxy) is 1. The zero-order chi connectivity index (χ0) is 18.2. The minimum Gasteiger partial charge on any atom is -0.489 e. The second-order valence-corrected chi connectivity index (χ2v) is 6.85. The normalized spacial score (nSPS) is 21.2. The van der Waals surface area contributed by atoms with Gasteiger partial charge in [0.25, 0.3) is 0 Å². The Hall–Kier alpha value is -2.57. The van der Waals surface area contributed by atoms with Crippen LogP contribution < -0.4 is 15.8 Å². The lowest BCUT2D eigenvalue weighted by Gasteiger charge is -2.16. The molecule has 7 heteroatoms. The molecular formula is C17H22N2O5. The maximum Gasteiger partial charge on any atom is 0.307 e. The zero-order valence-electron chi connectivity index (χ0n) is 14.1. The van der Waals surface area contributed by atoms with Crippen LogP contribution in [0.1, 0.15) is 38.1 Å². The van der Waals surface area contributed by atoms with Crippen molar-refractivity contribution in [3.8, 4) is 5.75 Å². The summed E-state index contributed by atoms with van der Waals surface area (Å²) in [4.78, 5) is 35.1. The molecular weight excluding hydrogens is 312 g/mol. The summed E-state index contributed by atoms with van der Waals surface area (Å²) < 4.78 is 5.62. The molecule has 0 bridgehead atoms. The summed E-state index contributed by atoms with van der Waals surface area (Å²) in [6.07, 6.45) is -0.135. The van der Waals surface area contributed by atoms with Gasteiger partial charge in [0.05, 0.1) is 23.6 Å². The van der Waals surface area contributed by atoms with Crippen molar-refractivity contribution in [1.29, 1.82) is 0 Å². The third kappa shape index (κ3) is 3.34. The number of hydrogen-bond donors (Lipinski definition) is 3. The highest BCUT2D eigenvalue weighted by molar-refractivity contribution is 6.02. The maximum absolute atomic E-state index is 12.5. The van der Waals surface area contributed by atoms with E-state index >= 15 is 0 Å². The molecule has 2 rings (SSSR count). The number of hydrogen-bond acceptors (Lipinski definition) is 4. The van der Waals surface area contributed by atoms with Crippen LogP contribution in [-0.2, 0) is 9.59 Å². The number of aliphatic carboxylic acids is 1. The molecule has 0 aliphatic heterocycles. The summed E-state index contributed by atoms with van der Waals surface area (Å²) in [7, 11) is 0. The average molecular weight is 334 g/mol. The first-order chi connectivity index (χ1) is 11.1. The number of primary amides is 1. The van der Waals surface area contributed by atoms with E-state index < -0.39 is 35.0 Å².